The van der Waals surface area contributed by atoms with E-state index in [4.69, 9.17) is 16.3 Å². The third-order valence-corrected chi connectivity index (χ3v) is 5.91. The van der Waals surface area contributed by atoms with Crippen molar-refractivity contribution in [3.63, 3.8) is 0 Å². The van der Waals surface area contributed by atoms with E-state index in [-0.39, 0.29) is 17.7 Å². The quantitative estimate of drug-likeness (QED) is 0.855. The van der Waals surface area contributed by atoms with E-state index in [1.54, 1.807) is 48.5 Å². The Hall–Kier alpha value is -2.53. The molecule has 5 nitrogen and oxygen atoms in total. The monoisotopic (exact) mass is 384 g/mol. The maximum atomic E-state index is 12.7. The Morgan fingerprint density at radius 1 is 0.926 bits per heavy atom. The highest BCUT2D eigenvalue weighted by molar-refractivity contribution is 6.30. The Morgan fingerprint density at radius 2 is 1.48 bits per heavy atom. The summed E-state index contributed by atoms with van der Waals surface area (Å²) in [6.45, 7) is 0. The van der Waals surface area contributed by atoms with Gasteiger partial charge in [0.1, 0.15) is 11.5 Å². The minimum atomic E-state index is -1.10. The normalized spacial score (nSPS) is 26.0. The molecule has 27 heavy (non-hydrogen) atoms. The lowest BCUT2D eigenvalue weighted by atomic mass is 9.78. The van der Waals surface area contributed by atoms with E-state index >= 15 is 0 Å². The lowest BCUT2D eigenvalue weighted by Gasteiger charge is -2.30. The van der Waals surface area contributed by atoms with Crippen LogP contribution in [0.25, 0.3) is 0 Å². The van der Waals surface area contributed by atoms with Crippen molar-refractivity contribution in [3.05, 3.63) is 53.6 Å². The molecular weight excluding hydrogens is 366 g/mol. The second kappa shape index (κ2) is 7.24. The molecule has 2 aromatic rings. The van der Waals surface area contributed by atoms with Gasteiger partial charge in [0.25, 0.3) is 0 Å². The van der Waals surface area contributed by atoms with Crippen LogP contribution in [0, 0.1) is 23.7 Å². The molecule has 0 unspecified atom stereocenters. The SMILES string of the molecule is O=C(Nc1ccc(Oc2ccc(Cl)cc2)cc1)[C@@H]1[C@H]2CC[C@@H](C2)[C@@H]1C(=O)[O-]. The summed E-state index contributed by atoms with van der Waals surface area (Å²) in [6, 6.07) is 14.0. The maximum Gasteiger partial charge on any atom is 0.228 e. The molecule has 4 atom stereocenters. The Labute approximate surface area is 162 Å². The van der Waals surface area contributed by atoms with Gasteiger partial charge >= 0.3 is 0 Å². The van der Waals surface area contributed by atoms with Crippen molar-refractivity contribution in [2.24, 2.45) is 23.7 Å². The van der Waals surface area contributed by atoms with Gasteiger partial charge in [-0.25, -0.2) is 0 Å². The minimum Gasteiger partial charge on any atom is -0.550 e. The average molecular weight is 385 g/mol. The summed E-state index contributed by atoms with van der Waals surface area (Å²) in [4.78, 5) is 24.2. The molecule has 0 heterocycles. The van der Waals surface area contributed by atoms with E-state index in [1.807, 2.05) is 0 Å². The first-order chi connectivity index (χ1) is 13.0. The predicted octanol–water partition coefficient (Wildman–Crippen LogP) is 3.48. The predicted molar refractivity (Wildman–Crippen MR) is 99.4 cm³/mol. The smallest absolute Gasteiger partial charge is 0.228 e. The number of carboxylic acids is 1. The summed E-state index contributed by atoms with van der Waals surface area (Å²) in [5.41, 5.74) is 0.614. The summed E-state index contributed by atoms with van der Waals surface area (Å²) >= 11 is 5.85. The van der Waals surface area contributed by atoms with Crippen molar-refractivity contribution in [2.45, 2.75) is 19.3 Å². The molecule has 0 aliphatic heterocycles. The van der Waals surface area contributed by atoms with Crippen molar-refractivity contribution in [1.82, 2.24) is 0 Å². The van der Waals surface area contributed by atoms with Gasteiger partial charge in [0.2, 0.25) is 5.91 Å². The number of fused-ring (bicyclic) bond motifs is 2. The number of ether oxygens (including phenoxy) is 1. The molecule has 6 heteroatoms. The number of carbonyl (C=O) groups is 2. The second-order valence-corrected chi connectivity index (χ2v) is 7.71. The van der Waals surface area contributed by atoms with Crippen LogP contribution >= 0.6 is 11.6 Å². The number of rotatable bonds is 5. The highest BCUT2D eigenvalue weighted by Gasteiger charge is 2.51. The number of nitrogens with one attached hydrogen (secondary N) is 1. The summed E-state index contributed by atoms with van der Waals surface area (Å²) in [5, 5.41) is 15.0. The van der Waals surface area contributed by atoms with Gasteiger partial charge < -0.3 is 20.0 Å². The zero-order valence-corrected chi connectivity index (χ0v) is 15.3. The van der Waals surface area contributed by atoms with Gasteiger partial charge in [-0.1, -0.05) is 11.6 Å². The molecule has 1 N–H and O–H groups in total. The van der Waals surface area contributed by atoms with E-state index in [9.17, 15) is 14.7 Å². The first-order valence-electron chi connectivity index (χ1n) is 9.06. The number of amides is 1. The minimum absolute atomic E-state index is 0.0749. The van der Waals surface area contributed by atoms with Crippen LogP contribution in [0.1, 0.15) is 19.3 Å². The number of hydrogen-bond acceptors (Lipinski definition) is 4. The number of carbonyl (C=O) groups excluding carboxylic acids is 2. The molecule has 1 amide bonds. The Balaban J connectivity index is 1.41. The largest absolute Gasteiger partial charge is 0.550 e. The summed E-state index contributed by atoms with van der Waals surface area (Å²) in [7, 11) is 0. The topological polar surface area (TPSA) is 78.5 Å². The van der Waals surface area contributed by atoms with Gasteiger partial charge in [-0.15, -0.1) is 0 Å². The van der Waals surface area contributed by atoms with Gasteiger partial charge in [-0.05, 0) is 79.6 Å². The Bertz CT molecular complexity index is 849. The summed E-state index contributed by atoms with van der Waals surface area (Å²) < 4.78 is 5.72. The molecule has 0 radical (unpaired) electrons. The summed E-state index contributed by atoms with van der Waals surface area (Å²) in [5.74, 6) is -0.999. The van der Waals surface area contributed by atoms with Crippen LogP contribution in [0.2, 0.25) is 5.02 Å². The van der Waals surface area contributed by atoms with Gasteiger partial charge in [-0.3, -0.25) is 4.79 Å². The van der Waals surface area contributed by atoms with Crippen molar-refractivity contribution in [3.8, 4) is 11.5 Å². The lowest BCUT2D eigenvalue weighted by Crippen LogP contribution is -2.43. The van der Waals surface area contributed by atoms with Crippen LogP contribution in [0.5, 0.6) is 11.5 Å². The van der Waals surface area contributed by atoms with Gasteiger partial charge in [0, 0.05) is 28.5 Å². The standard InChI is InChI=1S/C21H20ClNO4/c22-14-3-7-16(8-4-14)27-17-9-5-15(6-10-17)23-20(24)18-12-1-2-13(11-12)19(18)21(25)26/h3-10,12-13,18-19H,1-2,11H2,(H,23,24)(H,25,26)/p-1/t12-,13-,18+,19-/m0/s1. The van der Waals surface area contributed by atoms with Crippen LogP contribution in [0.15, 0.2) is 48.5 Å². The fourth-order valence-electron chi connectivity index (χ4n) is 4.48. The van der Waals surface area contributed by atoms with Crippen LogP contribution in [-0.4, -0.2) is 11.9 Å². The molecule has 0 aromatic heterocycles. The molecule has 0 spiro atoms. The number of aliphatic carboxylic acids is 1. The number of halogens is 1. The zero-order valence-electron chi connectivity index (χ0n) is 14.6. The highest BCUT2D eigenvalue weighted by Crippen LogP contribution is 2.52. The van der Waals surface area contributed by atoms with E-state index in [1.165, 1.54) is 0 Å². The van der Waals surface area contributed by atoms with Crippen LogP contribution in [0.3, 0.4) is 0 Å². The van der Waals surface area contributed by atoms with Crippen molar-refractivity contribution < 1.29 is 19.4 Å². The van der Waals surface area contributed by atoms with Gasteiger partial charge in [0.15, 0.2) is 0 Å². The molecule has 2 aliphatic rings. The first kappa shape index (κ1) is 17.9. The molecule has 4 rings (SSSR count). The van der Waals surface area contributed by atoms with Crippen LogP contribution < -0.4 is 15.2 Å². The van der Waals surface area contributed by atoms with Crippen LogP contribution in [-0.2, 0) is 9.59 Å². The van der Waals surface area contributed by atoms with E-state index in [0.29, 0.717) is 22.2 Å². The molecular formula is C21H19ClNO4-. The fraction of sp³-hybridized carbons (Fsp3) is 0.333. The van der Waals surface area contributed by atoms with Gasteiger partial charge in [-0.2, -0.15) is 0 Å². The first-order valence-corrected chi connectivity index (χ1v) is 9.44. The molecule has 2 aliphatic carbocycles. The summed E-state index contributed by atoms with van der Waals surface area (Å²) in [6.07, 6.45) is 2.61. The number of carboxylic acid groups (broad SMARTS) is 1. The lowest BCUT2D eigenvalue weighted by molar-refractivity contribution is -0.314. The Kier molecular flexibility index (Phi) is 4.79. The molecule has 2 fully saturated rings. The molecule has 2 saturated carbocycles. The Morgan fingerprint density at radius 3 is 2.07 bits per heavy atom. The van der Waals surface area contributed by atoms with Crippen LogP contribution in [0.4, 0.5) is 5.69 Å². The fourth-order valence-corrected chi connectivity index (χ4v) is 4.60. The number of hydrogen-bond donors (Lipinski definition) is 1. The van der Waals surface area contributed by atoms with E-state index < -0.39 is 17.8 Å². The van der Waals surface area contributed by atoms with Gasteiger partial charge in [0.05, 0.1) is 0 Å². The zero-order chi connectivity index (χ0) is 19.0. The van der Waals surface area contributed by atoms with Crippen molar-refractivity contribution in [1.29, 1.82) is 0 Å². The molecule has 2 aromatic carbocycles. The highest BCUT2D eigenvalue weighted by atomic mass is 35.5. The third kappa shape index (κ3) is 3.65. The van der Waals surface area contributed by atoms with Crippen molar-refractivity contribution >= 4 is 29.2 Å². The number of benzene rings is 2. The number of anilines is 1. The maximum absolute atomic E-state index is 12.7. The van der Waals surface area contributed by atoms with E-state index in [2.05, 4.69) is 5.32 Å². The molecule has 2 bridgehead atoms. The molecule has 140 valence electrons. The van der Waals surface area contributed by atoms with E-state index in [0.717, 1.165) is 19.3 Å². The third-order valence-electron chi connectivity index (χ3n) is 5.66. The van der Waals surface area contributed by atoms with Crippen molar-refractivity contribution in [2.75, 3.05) is 5.32 Å². The molecule has 0 saturated heterocycles. The second-order valence-electron chi connectivity index (χ2n) is 7.27. The average Bonchev–Trinajstić information content (AvgIpc) is 3.26.